The maximum Gasteiger partial charge on any atom is 0.0991 e. The summed E-state index contributed by atoms with van der Waals surface area (Å²) >= 11 is 0. The summed E-state index contributed by atoms with van der Waals surface area (Å²) in [4.78, 5) is 5.03. The summed E-state index contributed by atoms with van der Waals surface area (Å²) in [5.41, 5.74) is 18.2. The Balaban J connectivity index is 1.31. The number of nitriles is 2. The molecule has 1 heterocycles. The van der Waals surface area contributed by atoms with Gasteiger partial charge in [0.05, 0.1) is 46.0 Å². The molecule has 10 aromatic carbocycles. The lowest BCUT2D eigenvalue weighted by Gasteiger charge is -2.36. The van der Waals surface area contributed by atoms with E-state index in [9.17, 15) is 10.5 Å². The third-order valence-electron chi connectivity index (χ3n) is 13.5. The third kappa shape index (κ3) is 6.66. The molecule has 4 heteroatoms. The molecule has 2 bridgehead atoms. The van der Waals surface area contributed by atoms with Crippen LogP contribution in [0.5, 0.6) is 0 Å². The lowest BCUT2D eigenvalue weighted by atomic mass is 9.83. The minimum absolute atomic E-state index is 0.0201. The van der Waals surface area contributed by atoms with Gasteiger partial charge in [-0.2, -0.15) is 10.5 Å². The molecule has 0 radical (unpaired) electrons. The molecule has 4 nitrogen and oxygen atoms in total. The summed E-state index contributed by atoms with van der Waals surface area (Å²) in [5, 5.41) is 26.7. The van der Waals surface area contributed by atoms with Crippen molar-refractivity contribution in [1.29, 1.82) is 10.5 Å². The Morgan fingerprint density at radius 2 is 0.846 bits per heavy atom. The van der Waals surface area contributed by atoms with Crippen LogP contribution in [-0.4, -0.2) is 0 Å². The van der Waals surface area contributed by atoms with Crippen molar-refractivity contribution in [3.8, 4) is 34.4 Å². The fourth-order valence-electron chi connectivity index (χ4n) is 9.97. The van der Waals surface area contributed by atoms with E-state index in [1.54, 1.807) is 0 Å². The third-order valence-corrected chi connectivity index (χ3v) is 13.5. The molecule has 0 amide bonds. The van der Waals surface area contributed by atoms with Gasteiger partial charge in [-0.15, -0.1) is 0 Å². The van der Waals surface area contributed by atoms with Crippen LogP contribution in [0.25, 0.3) is 54.6 Å². The van der Waals surface area contributed by atoms with Crippen LogP contribution in [0.2, 0.25) is 0 Å². The van der Waals surface area contributed by atoms with Gasteiger partial charge in [-0.3, -0.25) is 0 Å². The van der Waals surface area contributed by atoms with E-state index in [1.165, 1.54) is 60.1 Å². The highest BCUT2D eigenvalue weighted by molar-refractivity contribution is 6.29. The van der Waals surface area contributed by atoms with Gasteiger partial charge in [0, 0.05) is 34.0 Å². The second-order valence-electron chi connectivity index (χ2n) is 18.5. The van der Waals surface area contributed by atoms with E-state index in [1.807, 2.05) is 24.3 Å². The van der Waals surface area contributed by atoms with Crippen molar-refractivity contribution in [2.45, 2.75) is 46.5 Å². The summed E-state index contributed by atoms with van der Waals surface area (Å²) in [6, 6.07) is 68.2. The molecular weight excluding hydrogens is 789 g/mol. The van der Waals surface area contributed by atoms with Crippen molar-refractivity contribution in [2.24, 2.45) is 0 Å². The molecule has 0 aromatic heterocycles. The van der Waals surface area contributed by atoms with Crippen LogP contribution >= 0.6 is 0 Å². The van der Waals surface area contributed by atoms with E-state index in [0.717, 1.165) is 56.4 Å². The van der Waals surface area contributed by atoms with Gasteiger partial charge in [-0.1, -0.05) is 142 Å². The summed E-state index contributed by atoms with van der Waals surface area (Å²) in [7, 11) is 0. The van der Waals surface area contributed by atoms with Crippen LogP contribution in [0, 0.1) is 36.5 Å². The van der Waals surface area contributed by atoms with Gasteiger partial charge < -0.3 is 9.80 Å². The van der Waals surface area contributed by atoms with Gasteiger partial charge in [0.15, 0.2) is 0 Å². The van der Waals surface area contributed by atoms with Gasteiger partial charge in [0.25, 0.3) is 0 Å². The number of fused-ring (bicyclic) bond motifs is 6. The highest BCUT2D eigenvalue weighted by atomic mass is 15.2. The number of rotatable bonds is 4. The van der Waals surface area contributed by atoms with Crippen molar-refractivity contribution in [3.05, 3.63) is 215 Å². The quantitative estimate of drug-likeness (QED) is 0.166. The number of anilines is 6. The molecule has 0 fully saturated rings. The number of aryl methyl sites for hydroxylation is 2. The first-order chi connectivity index (χ1) is 31.6. The average molecular weight is 835 g/mol. The number of hydrogen-bond acceptors (Lipinski definition) is 4. The van der Waals surface area contributed by atoms with E-state index in [2.05, 4.69) is 208 Å². The van der Waals surface area contributed by atoms with Crippen molar-refractivity contribution < 1.29 is 0 Å². The highest BCUT2D eigenvalue weighted by Gasteiger charge is 2.30. The molecule has 1 aliphatic heterocycles. The predicted molar refractivity (Wildman–Crippen MR) is 271 cm³/mol. The Labute approximate surface area is 380 Å². The van der Waals surface area contributed by atoms with Crippen molar-refractivity contribution in [1.82, 2.24) is 0 Å². The highest BCUT2D eigenvalue weighted by Crippen LogP contribution is 2.54. The molecule has 0 saturated carbocycles. The Morgan fingerprint density at radius 3 is 1.26 bits per heavy atom. The van der Waals surface area contributed by atoms with E-state index in [4.69, 9.17) is 0 Å². The minimum atomic E-state index is -0.0201. The fourth-order valence-corrected chi connectivity index (χ4v) is 9.97. The molecule has 0 spiro atoms. The molecule has 0 N–H and O–H groups in total. The van der Waals surface area contributed by atoms with Gasteiger partial charge >= 0.3 is 0 Å². The largest absolute Gasteiger partial charge is 0.309 e. The normalized spacial score (nSPS) is 12.5. The van der Waals surface area contributed by atoms with E-state index in [-0.39, 0.29) is 5.41 Å². The SMILES string of the molecule is Cc1ccccc1N1c2cc(-c3ccc(C#N)cc3)ccc2Cc2ccc(-c3ccc(C#N)cc3)cc2N(c2ccccc2C)c2cc1c1ccc3cc(C(C)(C)C)cc4ccc2c1c34. The van der Waals surface area contributed by atoms with Crippen molar-refractivity contribution in [2.75, 3.05) is 9.80 Å². The minimum Gasteiger partial charge on any atom is -0.309 e. The lowest BCUT2D eigenvalue weighted by molar-refractivity contribution is 0.591. The molecule has 0 unspecified atom stereocenters. The number of para-hydroxylation sites is 2. The maximum atomic E-state index is 9.67. The topological polar surface area (TPSA) is 54.1 Å². The maximum absolute atomic E-state index is 9.67. The Kier molecular flexibility index (Phi) is 9.31. The molecule has 310 valence electrons. The van der Waals surface area contributed by atoms with Crippen LogP contribution in [0.4, 0.5) is 34.1 Å². The van der Waals surface area contributed by atoms with Gasteiger partial charge in [-0.05, 0) is 140 Å². The van der Waals surface area contributed by atoms with Gasteiger partial charge in [0.2, 0.25) is 0 Å². The first-order valence-electron chi connectivity index (χ1n) is 22.3. The summed E-state index contributed by atoms with van der Waals surface area (Å²) in [5.74, 6) is 0. The zero-order valence-electron chi connectivity index (χ0n) is 37.2. The number of hydrogen-bond donors (Lipinski definition) is 0. The second-order valence-corrected chi connectivity index (χ2v) is 18.5. The van der Waals surface area contributed by atoms with Crippen LogP contribution in [0.15, 0.2) is 176 Å². The van der Waals surface area contributed by atoms with Crippen LogP contribution in [0.1, 0.15) is 59.7 Å². The monoisotopic (exact) mass is 834 g/mol. The molecule has 0 saturated heterocycles. The molecule has 65 heavy (non-hydrogen) atoms. The van der Waals surface area contributed by atoms with Crippen LogP contribution < -0.4 is 9.80 Å². The molecule has 10 aromatic rings. The van der Waals surface area contributed by atoms with Crippen LogP contribution in [0.3, 0.4) is 0 Å². The second kappa shape index (κ2) is 15.3. The first kappa shape index (κ1) is 39.7. The molecular formula is C61H46N4. The molecule has 0 atom stereocenters. The smallest absolute Gasteiger partial charge is 0.0991 e. The zero-order chi connectivity index (χ0) is 44.6. The fraction of sp³-hybridized carbons (Fsp3) is 0.115. The number of nitrogens with zero attached hydrogens (tertiary/aromatic N) is 4. The Hall–Kier alpha value is -8.18. The lowest BCUT2D eigenvalue weighted by Crippen LogP contribution is -2.19. The average Bonchev–Trinajstić information content (AvgIpc) is 3.33. The van der Waals surface area contributed by atoms with Crippen molar-refractivity contribution in [3.63, 3.8) is 0 Å². The van der Waals surface area contributed by atoms with E-state index in [0.29, 0.717) is 17.5 Å². The zero-order valence-corrected chi connectivity index (χ0v) is 37.2. The Bertz CT molecular complexity index is 3370. The van der Waals surface area contributed by atoms with E-state index < -0.39 is 0 Å². The summed E-state index contributed by atoms with van der Waals surface area (Å²) in [6.45, 7) is 11.3. The standard InChI is InChI=1S/C61H46N4/c1-38-10-6-8-12-53(38)64-55-33-44(42-18-14-40(36-62)15-19-42)22-24-46(55)30-47-25-23-45(43-20-16-41(37-63)17-21-43)34-56(47)65(54-13-9-7-11-39(54)2)58-35-57(64)51-28-26-48-31-50(61(3,4)5)32-49-27-29-52(58)60(51)59(48)49/h6-29,31-35H,30H2,1-5H3. The Morgan fingerprint density at radius 1 is 0.415 bits per heavy atom. The van der Waals surface area contributed by atoms with Crippen molar-refractivity contribution >= 4 is 66.4 Å². The molecule has 11 rings (SSSR count). The summed E-state index contributed by atoms with van der Waals surface area (Å²) < 4.78 is 0. The van der Waals surface area contributed by atoms with Crippen LogP contribution in [-0.2, 0) is 11.8 Å². The van der Waals surface area contributed by atoms with Gasteiger partial charge in [0.1, 0.15) is 0 Å². The molecule has 0 aliphatic carbocycles. The first-order valence-corrected chi connectivity index (χ1v) is 22.3. The predicted octanol–water partition coefficient (Wildman–Crippen LogP) is 16.4. The van der Waals surface area contributed by atoms with E-state index >= 15 is 0 Å². The molecule has 1 aliphatic rings. The summed E-state index contributed by atoms with van der Waals surface area (Å²) in [6.07, 6.45) is 0.659. The van der Waals surface area contributed by atoms with Gasteiger partial charge in [-0.25, -0.2) is 0 Å². The number of benzene rings is 10.